The van der Waals surface area contributed by atoms with Crippen molar-refractivity contribution in [2.24, 2.45) is 0 Å². The van der Waals surface area contributed by atoms with Gasteiger partial charge in [0.25, 0.3) is 0 Å². The fraction of sp³-hybridized carbons (Fsp3) is 0.538. The topological polar surface area (TPSA) is 41.5 Å². The van der Waals surface area contributed by atoms with Gasteiger partial charge in [-0.1, -0.05) is 12.1 Å². The molecule has 0 heterocycles. The number of halogens is 3. The Balaban J connectivity index is 2.03. The molecule has 0 bridgehead atoms. The summed E-state index contributed by atoms with van der Waals surface area (Å²) in [6.45, 7) is 0.424. The van der Waals surface area contributed by atoms with E-state index < -0.39 is 11.7 Å². The fourth-order valence-corrected chi connectivity index (χ4v) is 2.06. The number of aliphatic hydroxyl groups is 1. The first-order valence-corrected chi connectivity index (χ1v) is 6.19. The molecule has 6 heteroatoms. The van der Waals surface area contributed by atoms with Gasteiger partial charge in [-0.05, 0) is 25.0 Å². The van der Waals surface area contributed by atoms with Crippen molar-refractivity contribution in [2.75, 3.05) is 13.2 Å². The minimum absolute atomic E-state index is 0.00234. The van der Waals surface area contributed by atoms with Crippen LogP contribution in [0, 0.1) is 0 Å². The van der Waals surface area contributed by atoms with Crippen molar-refractivity contribution < 1.29 is 23.0 Å². The van der Waals surface area contributed by atoms with Crippen LogP contribution in [0.4, 0.5) is 13.2 Å². The predicted molar refractivity (Wildman–Crippen MR) is 64.0 cm³/mol. The van der Waals surface area contributed by atoms with Gasteiger partial charge < -0.3 is 15.2 Å². The van der Waals surface area contributed by atoms with Gasteiger partial charge in [0.2, 0.25) is 0 Å². The van der Waals surface area contributed by atoms with Crippen LogP contribution in [0.2, 0.25) is 0 Å². The van der Waals surface area contributed by atoms with Gasteiger partial charge in [-0.15, -0.1) is 0 Å². The van der Waals surface area contributed by atoms with Crippen LogP contribution in [0.3, 0.4) is 0 Å². The molecule has 1 saturated carbocycles. The average molecular weight is 275 g/mol. The maximum Gasteiger partial charge on any atom is 0.419 e. The van der Waals surface area contributed by atoms with Gasteiger partial charge >= 0.3 is 6.18 Å². The van der Waals surface area contributed by atoms with Gasteiger partial charge in [-0.3, -0.25) is 0 Å². The van der Waals surface area contributed by atoms with Crippen molar-refractivity contribution in [3.8, 4) is 5.75 Å². The molecule has 0 radical (unpaired) electrons. The van der Waals surface area contributed by atoms with E-state index in [0.717, 1.165) is 18.9 Å². The van der Waals surface area contributed by atoms with Crippen molar-refractivity contribution in [1.29, 1.82) is 0 Å². The van der Waals surface area contributed by atoms with Crippen LogP contribution in [0.5, 0.6) is 5.75 Å². The zero-order valence-corrected chi connectivity index (χ0v) is 10.3. The van der Waals surface area contributed by atoms with Gasteiger partial charge in [0.05, 0.1) is 12.2 Å². The van der Waals surface area contributed by atoms with Crippen molar-refractivity contribution in [1.82, 2.24) is 5.32 Å². The number of alkyl halides is 3. The van der Waals surface area contributed by atoms with Crippen LogP contribution >= 0.6 is 0 Å². The molecule has 1 aromatic rings. The van der Waals surface area contributed by atoms with E-state index in [1.807, 2.05) is 0 Å². The molecule has 0 unspecified atom stereocenters. The van der Waals surface area contributed by atoms with Crippen molar-refractivity contribution in [2.45, 2.75) is 31.2 Å². The standard InChI is InChI=1S/C13H16F3NO2/c14-13(15,16)9-3-1-2-4-11(9)19-12-6-5-10(12)17-7-8-18/h1-4,10,12,17-18H,5-8H2/t10-,12-/m0/s1. The molecule has 0 amide bonds. The first-order valence-electron chi connectivity index (χ1n) is 6.19. The predicted octanol–water partition coefficient (Wildman–Crippen LogP) is 2.20. The Morgan fingerprint density at radius 1 is 1.26 bits per heavy atom. The van der Waals surface area contributed by atoms with Crippen LogP contribution < -0.4 is 10.1 Å². The number of ether oxygens (including phenoxy) is 1. The number of para-hydroxylation sites is 1. The maximum atomic E-state index is 12.8. The molecule has 0 spiro atoms. The SMILES string of the molecule is OCCN[C@H]1CC[C@@H]1Oc1ccccc1C(F)(F)F. The summed E-state index contributed by atoms with van der Waals surface area (Å²) < 4.78 is 43.8. The van der Waals surface area contributed by atoms with E-state index in [1.165, 1.54) is 18.2 Å². The molecule has 106 valence electrons. The summed E-state index contributed by atoms with van der Waals surface area (Å²) in [5.41, 5.74) is -0.747. The second-order valence-corrected chi connectivity index (χ2v) is 4.51. The van der Waals surface area contributed by atoms with Gasteiger partial charge in [-0.25, -0.2) is 0 Å². The average Bonchev–Trinajstić information content (AvgIpc) is 2.34. The number of nitrogens with one attached hydrogen (secondary N) is 1. The third-order valence-electron chi connectivity index (χ3n) is 3.20. The molecule has 2 N–H and O–H groups in total. The number of hydrogen-bond donors (Lipinski definition) is 2. The largest absolute Gasteiger partial charge is 0.488 e. The maximum absolute atomic E-state index is 12.8. The molecule has 3 nitrogen and oxygen atoms in total. The molecular formula is C13H16F3NO2. The molecular weight excluding hydrogens is 259 g/mol. The van der Waals surface area contributed by atoms with Gasteiger partial charge in [0, 0.05) is 12.6 Å². The summed E-state index contributed by atoms with van der Waals surface area (Å²) in [5, 5.41) is 11.8. The van der Waals surface area contributed by atoms with Crippen LogP contribution in [0.25, 0.3) is 0 Å². The van der Waals surface area contributed by atoms with E-state index in [1.54, 1.807) is 0 Å². The van der Waals surface area contributed by atoms with Crippen molar-refractivity contribution >= 4 is 0 Å². The van der Waals surface area contributed by atoms with E-state index >= 15 is 0 Å². The Hall–Kier alpha value is -1.27. The molecule has 0 aliphatic heterocycles. The molecule has 2 rings (SSSR count). The summed E-state index contributed by atoms with van der Waals surface area (Å²) in [6.07, 6.45) is -3.11. The van der Waals surface area contributed by atoms with Crippen molar-refractivity contribution in [3.63, 3.8) is 0 Å². The summed E-state index contributed by atoms with van der Waals surface area (Å²) in [5.74, 6) is -0.129. The Labute approximate surface area is 109 Å². The van der Waals surface area contributed by atoms with E-state index in [2.05, 4.69) is 5.32 Å². The molecule has 1 fully saturated rings. The zero-order valence-electron chi connectivity index (χ0n) is 10.3. The van der Waals surface area contributed by atoms with Crippen LogP contribution in [0.1, 0.15) is 18.4 Å². The lowest BCUT2D eigenvalue weighted by molar-refractivity contribution is -0.139. The molecule has 1 aromatic carbocycles. The fourth-order valence-electron chi connectivity index (χ4n) is 2.06. The van der Waals surface area contributed by atoms with Crippen LogP contribution in [-0.2, 0) is 6.18 Å². The summed E-state index contributed by atoms with van der Waals surface area (Å²) >= 11 is 0. The number of hydrogen-bond acceptors (Lipinski definition) is 3. The number of aliphatic hydroxyl groups excluding tert-OH is 1. The minimum atomic E-state index is -4.41. The molecule has 19 heavy (non-hydrogen) atoms. The molecule has 0 aromatic heterocycles. The van der Waals surface area contributed by atoms with Gasteiger partial charge in [0.15, 0.2) is 0 Å². The lowest BCUT2D eigenvalue weighted by Gasteiger charge is -2.37. The monoisotopic (exact) mass is 275 g/mol. The van der Waals surface area contributed by atoms with Gasteiger partial charge in [-0.2, -0.15) is 13.2 Å². The highest BCUT2D eigenvalue weighted by Gasteiger charge is 2.37. The Morgan fingerprint density at radius 3 is 2.58 bits per heavy atom. The second-order valence-electron chi connectivity index (χ2n) is 4.51. The lowest BCUT2D eigenvalue weighted by atomic mass is 9.89. The third-order valence-corrected chi connectivity index (χ3v) is 3.20. The summed E-state index contributed by atoms with van der Waals surface area (Å²) in [6, 6.07) is 5.24. The lowest BCUT2D eigenvalue weighted by Crippen LogP contribution is -2.51. The van der Waals surface area contributed by atoms with E-state index in [4.69, 9.17) is 9.84 Å². The Morgan fingerprint density at radius 2 is 2.00 bits per heavy atom. The highest BCUT2D eigenvalue weighted by atomic mass is 19.4. The second kappa shape index (κ2) is 5.79. The summed E-state index contributed by atoms with van der Waals surface area (Å²) in [7, 11) is 0. The van der Waals surface area contributed by atoms with E-state index in [-0.39, 0.29) is 24.5 Å². The van der Waals surface area contributed by atoms with Crippen molar-refractivity contribution in [3.05, 3.63) is 29.8 Å². The van der Waals surface area contributed by atoms with Crippen LogP contribution in [-0.4, -0.2) is 30.4 Å². The minimum Gasteiger partial charge on any atom is -0.488 e. The molecule has 2 atom stereocenters. The smallest absolute Gasteiger partial charge is 0.419 e. The number of benzene rings is 1. The molecule has 1 aliphatic rings. The first-order chi connectivity index (χ1) is 9.02. The Bertz CT molecular complexity index is 423. The Kier molecular flexibility index (Phi) is 4.31. The summed E-state index contributed by atoms with van der Waals surface area (Å²) in [4.78, 5) is 0. The van der Waals surface area contributed by atoms with Crippen LogP contribution in [0.15, 0.2) is 24.3 Å². The molecule has 0 saturated heterocycles. The normalized spacial score (nSPS) is 22.9. The molecule has 1 aliphatic carbocycles. The highest BCUT2D eigenvalue weighted by Crippen LogP contribution is 2.37. The zero-order chi connectivity index (χ0) is 13.9. The highest BCUT2D eigenvalue weighted by molar-refractivity contribution is 5.36. The first kappa shape index (κ1) is 14.1. The number of rotatable bonds is 5. The van der Waals surface area contributed by atoms with E-state index in [9.17, 15) is 13.2 Å². The van der Waals surface area contributed by atoms with Gasteiger partial charge in [0.1, 0.15) is 11.9 Å². The van der Waals surface area contributed by atoms with E-state index in [0.29, 0.717) is 6.54 Å². The third kappa shape index (κ3) is 3.39. The quantitative estimate of drug-likeness (QED) is 0.865.